The normalized spacial score (nSPS) is 9.89. The first-order valence-corrected chi connectivity index (χ1v) is 6.26. The highest BCUT2D eigenvalue weighted by Crippen LogP contribution is 2.21. The summed E-state index contributed by atoms with van der Waals surface area (Å²) in [7, 11) is 0. The van der Waals surface area contributed by atoms with E-state index >= 15 is 0 Å². The summed E-state index contributed by atoms with van der Waals surface area (Å²) in [6, 6.07) is 16.8. The summed E-state index contributed by atoms with van der Waals surface area (Å²) in [5, 5.41) is 0. The first-order valence-electron chi connectivity index (χ1n) is 6.26. The molecule has 0 saturated carbocycles. The lowest BCUT2D eigenvalue weighted by Crippen LogP contribution is -1.97. The van der Waals surface area contributed by atoms with Crippen LogP contribution in [0.1, 0.15) is 23.2 Å². The molecule has 0 atom stereocenters. The van der Waals surface area contributed by atoms with Crippen LogP contribution in [0.3, 0.4) is 0 Å². The molecule has 2 heteroatoms. The van der Waals surface area contributed by atoms with Crippen molar-refractivity contribution in [3.63, 3.8) is 0 Å². The molecule has 0 aromatic heterocycles. The molecule has 2 rings (SSSR count). The third-order valence-electron chi connectivity index (χ3n) is 2.73. The number of ketones is 1. The van der Waals surface area contributed by atoms with Crippen LogP contribution in [0.2, 0.25) is 0 Å². The van der Waals surface area contributed by atoms with E-state index in [-0.39, 0.29) is 5.78 Å². The largest absolute Gasteiger partial charge is 0.457 e. The van der Waals surface area contributed by atoms with Gasteiger partial charge in [-0.25, -0.2) is 0 Å². The van der Waals surface area contributed by atoms with Crippen molar-refractivity contribution in [1.82, 2.24) is 0 Å². The number of Topliss-reactive ketones (excluding diaryl/α,β-unsaturated/α-hetero) is 1. The maximum absolute atomic E-state index is 11.8. The average molecular weight is 252 g/mol. The zero-order valence-corrected chi connectivity index (χ0v) is 10.7. The molecule has 2 nitrogen and oxygen atoms in total. The fourth-order valence-electron chi connectivity index (χ4n) is 1.71. The van der Waals surface area contributed by atoms with E-state index in [1.165, 1.54) is 0 Å². The Bertz CT molecular complexity index is 541. The minimum atomic E-state index is 0.131. The van der Waals surface area contributed by atoms with Crippen LogP contribution in [-0.2, 0) is 0 Å². The smallest absolute Gasteiger partial charge is 0.163 e. The molecular formula is C17H16O2. The Labute approximate surface area is 113 Å². The summed E-state index contributed by atoms with van der Waals surface area (Å²) in [5.41, 5.74) is 0.710. The van der Waals surface area contributed by atoms with Gasteiger partial charge in [0.25, 0.3) is 0 Å². The van der Waals surface area contributed by atoms with Crippen LogP contribution < -0.4 is 4.74 Å². The first-order chi connectivity index (χ1) is 9.29. The number of ether oxygens (including phenoxy) is 1. The quantitative estimate of drug-likeness (QED) is 0.553. The molecule has 0 aliphatic heterocycles. The van der Waals surface area contributed by atoms with E-state index in [4.69, 9.17) is 4.74 Å². The predicted molar refractivity (Wildman–Crippen MR) is 76.7 cm³/mol. The molecule has 0 bridgehead atoms. The molecular weight excluding hydrogens is 236 g/mol. The fraction of sp³-hybridized carbons (Fsp3) is 0.118. The number of benzene rings is 2. The van der Waals surface area contributed by atoms with Crippen LogP contribution >= 0.6 is 0 Å². The Morgan fingerprint density at radius 1 is 1.00 bits per heavy atom. The lowest BCUT2D eigenvalue weighted by molar-refractivity contribution is 0.0983. The lowest BCUT2D eigenvalue weighted by Gasteiger charge is -2.06. The summed E-state index contributed by atoms with van der Waals surface area (Å²) in [6.45, 7) is 3.62. The molecule has 0 radical (unpaired) electrons. The molecule has 19 heavy (non-hydrogen) atoms. The van der Waals surface area contributed by atoms with Gasteiger partial charge in [0, 0.05) is 12.0 Å². The fourth-order valence-corrected chi connectivity index (χ4v) is 1.71. The number of para-hydroxylation sites is 1. The summed E-state index contributed by atoms with van der Waals surface area (Å²) in [4.78, 5) is 11.8. The van der Waals surface area contributed by atoms with Crippen molar-refractivity contribution in [3.05, 3.63) is 72.8 Å². The van der Waals surface area contributed by atoms with E-state index in [0.717, 1.165) is 11.5 Å². The number of hydrogen-bond acceptors (Lipinski definition) is 2. The van der Waals surface area contributed by atoms with Gasteiger partial charge >= 0.3 is 0 Å². The van der Waals surface area contributed by atoms with Crippen molar-refractivity contribution in [2.24, 2.45) is 0 Å². The van der Waals surface area contributed by atoms with Crippen molar-refractivity contribution in [2.45, 2.75) is 12.8 Å². The molecule has 0 saturated heterocycles. The van der Waals surface area contributed by atoms with E-state index in [2.05, 4.69) is 6.58 Å². The molecule has 2 aromatic carbocycles. The maximum Gasteiger partial charge on any atom is 0.163 e. The Morgan fingerprint density at radius 3 is 2.26 bits per heavy atom. The van der Waals surface area contributed by atoms with Gasteiger partial charge in [-0.2, -0.15) is 0 Å². The van der Waals surface area contributed by atoms with Gasteiger partial charge in [-0.3, -0.25) is 4.79 Å². The second-order valence-corrected chi connectivity index (χ2v) is 4.19. The molecule has 2 aromatic rings. The van der Waals surface area contributed by atoms with Gasteiger partial charge in [0.1, 0.15) is 11.5 Å². The number of allylic oxidation sites excluding steroid dienone is 1. The van der Waals surface area contributed by atoms with E-state index in [1.54, 1.807) is 18.2 Å². The molecule has 0 N–H and O–H groups in total. The van der Waals surface area contributed by atoms with Gasteiger partial charge in [0.05, 0.1) is 0 Å². The van der Waals surface area contributed by atoms with Crippen LogP contribution in [-0.4, -0.2) is 5.78 Å². The maximum atomic E-state index is 11.8. The van der Waals surface area contributed by atoms with Crippen molar-refractivity contribution < 1.29 is 9.53 Å². The Morgan fingerprint density at radius 2 is 1.63 bits per heavy atom. The van der Waals surface area contributed by atoms with Crippen molar-refractivity contribution in [3.8, 4) is 11.5 Å². The summed E-state index contributed by atoms with van der Waals surface area (Å²) in [6.07, 6.45) is 2.97. The topological polar surface area (TPSA) is 26.3 Å². The number of rotatable bonds is 6. The Balaban J connectivity index is 2.02. The minimum Gasteiger partial charge on any atom is -0.457 e. The van der Waals surface area contributed by atoms with Crippen LogP contribution in [0.5, 0.6) is 11.5 Å². The molecule has 0 aliphatic carbocycles. The first kappa shape index (κ1) is 13.1. The van der Waals surface area contributed by atoms with Gasteiger partial charge in [-0.1, -0.05) is 24.3 Å². The zero-order valence-electron chi connectivity index (χ0n) is 10.7. The molecule has 0 unspecified atom stereocenters. The van der Waals surface area contributed by atoms with E-state index in [0.29, 0.717) is 18.4 Å². The van der Waals surface area contributed by atoms with Gasteiger partial charge in [-0.05, 0) is 42.8 Å². The van der Waals surface area contributed by atoms with Crippen molar-refractivity contribution >= 4 is 5.78 Å². The summed E-state index contributed by atoms with van der Waals surface area (Å²) in [5.74, 6) is 1.64. The predicted octanol–water partition coefficient (Wildman–Crippen LogP) is 4.63. The molecule has 0 amide bonds. The summed E-state index contributed by atoms with van der Waals surface area (Å²) >= 11 is 0. The van der Waals surface area contributed by atoms with Gasteiger partial charge in [-0.15, -0.1) is 6.58 Å². The molecule has 96 valence electrons. The van der Waals surface area contributed by atoms with Crippen LogP contribution in [0, 0.1) is 0 Å². The third-order valence-corrected chi connectivity index (χ3v) is 2.73. The second kappa shape index (κ2) is 6.55. The summed E-state index contributed by atoms with van der Waals surface area (Å²) < 4.78 is 5.67. The number of carbonyl (C=O) groups excluding carboxylic acids is 1. The van der Waals surface area contributed by atoms with Crippen LogP contribution in [0.25, 0.3) is 0 Å². The monoisotopic (exact) mass is 252 g/mol. The highest BCUT2D eigenvalue weighted by Gasteiger charge is 2.05. The highest BCUT2D eigenvalue weighted by molar-refractivity contribution is 5.96. The highest BCUT2D eigenvalue weighted by atomic mass is 16.5. The van der Waals surface area contributed by atoms with Crippen molar-refractivity contribution in [1.29, 1.82) is 0 Å². The Hall–Kier alpha value is -2.35. The van der Waals surface area contributed by atoms with Gasteiger partial charge in [0.2, 0.25) is 0 Å². The molecule has 0 aliphatic rings. The minimum absolute atomic E-state index is 0.131. The number of hydrogen-bond donors (Lipinski definition) is 0. The zero-order chi connectivity index (χ0) is 13.5. The molecule has 0 fully saturated rings. The van der Waals surface area contributed by atoms with Crippen molar-refractivity contribution in [2.75, 3.05) is 0 Å². The van der Waals surface area contributed by atoms with E-state index in [9.17, 15) is 4.79 Å². The molecule has 0 spiro atoms. The molecule has 0 heterocycles. The second-order valence-electron chi connectivity index (χ2n) is 4.19. The number of carbonyl (C=O) groups is 1. The van der Waals surface area contributed by atoms with Gasteiger partial charge < -0.3 is 4.74 Å². The van der Waals surface area contributed by atoms with E-state index < -0.39 is 0 Å². The van der Waals surface area contributed by atoms with Gasteiger partial charge in [0.15, 0.2) is 5.78 Å². The lowest BCUT2D eigenvalue weighted by atomic mass is 10.1. The van der Waals surface area contributed by atoms with Crippen LogP contribution in [0.15, 0.2) is 67.3 Å². The SMILES string of the molecule is C=CCCC(=O)c1ccc(Oc2ccccc2)cc1. The van der Waals surface area contributed by atoms with Crippen LogP contribution in [0.4, 0.5) is 0 Å². The van der Waals surface area contributed by atoms with E-state index in [1.807, 2.05) is 42.5 Å². The Kier molecular flexibility index (Phi) is 4.51. The third kappa shape index (κ3) is 3.81. The standard InChI is InChI=1S/C17H16O2/c1-2-3-9-17(18)14-10-12-16(13-11-14)19-15-7-5-4-6-8-15/h2,4-8,10-13H,1,3,9H2. The average Bonchev–Trinajstić information content (AvgIpc) is 2.46.